The Morgan fingerprint density at radius 1 is 1.44 bits per heavy atom. The van der Waals surface area contributed by atoms with Gasteiger partial charge in [0.25, 0.3) is 0 Å². The van der Waals surface area contributed by atoms with Crippen LogP contribution in [-0.4, -0.2) is 29.8 Å². The van der Waals surface area contributed by atoms with Gasteiger partial charge in [-0.15, -0.1) is 0 Å². The molecular formula is C10H8BrNO4. The van der Waals surface area contributed by atoms with Gasteiger partial charge >= 0.3 is 12.1 Å². The molecule has 0 spiro atoms. The second-order valence-corrected chi connectivity index (χ2v) is 4.21. The van der Waals surface area contributed by atoms with Gasteiger partial charge in [-0.25, -0.2) is 9.59 Å². The molecule has 1 N–H and O–H groups in total. The van der Waals surface area contributed by atoms with Gasteiger partial charge in [0.05, 0.1) is 6.54 Å². The Labute approximate surface area is 99.7 Å². The minimum absolute atomic E-state index is 0.0375. The summed E-state index contributed by atoms with van der Waals surface area (Å²) in [6, 6.07) is 6.98. The molecule has 1 heterocycles. The maximum atomic E-state index is 11.4. The topological polar surface area (TPSA) is 66.8 Å². The Kier molecular flexibility index (Phi) is 2.82. The highest BCUT2D eigenvalue weighted by atomic mass is 79.9. The lowest BCUT2D eigenvalue weighted by Gasteiger charge is -2.12. The highest BCUT2D eigenvalue weighted by molar-refractivity contribution is 9.10. The van der Waals surface area contributed by atoms with Crippen molar-refractivity contribution in [2.45, 2.75) is 6.10 Å². The van der Waals surface area contributed by atoms with Crippen molar-refractivity contribution in [3.05, 3.63) is 28.7 Å². The molecule has 0 unspecified atom stereocenters. The third-order valence-corrected chi connectivity index (χ3v) is 2.75. The molecule has 16 heavy (non-hydrogen) atoms. The predicted molar refractivity (Wildman–Crippen MR) is 59.4 cm³/mol. The minimum Gasteiger partial charge on any atom is -0.478 e. The van der Waals surface area contributed by atoms with Gasteiger partial charge in [-0.1, -0.05) is 15.9 Å². The monoisotopic (exact) mass is 285 g/mol. The van der Waals surface area contributed by atoms with Crippen LogP contribution in [-0.2, 0) is 9.53 Å². The highest BCUT2D eigenvalue weighted by Gasteiger charge is 2.36. The van der Waals surface area contributed by atoms with E-state index < -0.39 is 18.2 Å². The molecule has 1 fully saturated rings. The zero-order valence-corrected chi connectivity index (χ0v) is 9.68. The third kappa shape index (κ3) is 2.01. The van der Waals surface area contributed by atoms with Crippen LogP contribution in [0.2, 0.25) is 0 Å². The molecule has 0 aliphatic carbocycles. The van der Waals surface area contributed by atoms with Crippen LogP contribution < -0.4 is 4.90 Å². The average molecular weight is 286 g/mol. The number of hydrogen-bond acceptors (Lipinski definition) is 3. The van der Waals surface area contributed by atoms with Crippen LogP contribution in [0.3, 0.4) is 0 Å². The van der Waals surface area contributed by atoms with E-state index in [1.165, 1.54) is 4.90 Å². The number of nitrogens with zero attached hydrogens (tertiary/aromatic N) is 1. The first kappa shape index (κ1) is 10.9. The number of halogens is 1. The summed E-state index contributed by atoms with van der Waals surface area (Å²) in [5.74, 6) is -1.13. The van der Waals surface area contributed by atoms with Crippen LogP contribution in [0, 0.1) is 0 Å². The molecule has 1 saturated heterocycles. The molecule has 1 atom stereocenters. The van der Waals surface area contributed by atoms with Crippen molar-refractivity contribution in [3.63, 3.8) is 0 Å². The molecule has 0 saturated carbocycles. The van der Waals surface area contributed by atoms with Gasteiger partial charge in [0.15, 0.2) is 0 Å². The van der Waals surface area contributed by atoms with Gasteiger partial charge in [-0.2, -0.15) is 0 Å². The van der Waals surface area contributed by atoms with Crippen molar-refractivity contribution in [2.75, 3.05) is 11.4 Å². The maximum absolute atomic E-state index is 11.4. The van der Waals surface area contributed by atoms with Gasteiger partial charge in [0.2, 0.25) is 6.10 Å². The van der Waals surface area contributed by atoms with Gasteiger partial charge in [-0.3, -0.25) is 4.90 Å². The van der Waals surface area contributed by atoms with Gasteiger partial charge in [-0.05, 0) is 24.3 Å². The molecule has 84 valence electrons. The van der Waals surface area contributed by atoms with E-state index >= 15 is 0 Å². The van der Waals surface area contributed by atoms with E-state index in [0.717, 1.165) is 4.47 Å². The number of carboxylic acid groups (broad SMARTS) is 1. The lowest BCUT2D eigenvalue weighted by Crippen LogP contribution is -2.27. The number of aliphatic carboxylic acids is 1. The number of rotatable bonds is 2. The fourth-order valence-corrected chi connectivity index (χ4v) is 1.69. The van der Waals surface area contributed by atoms with E-state index in [0.29, 0.717) is 5.69 Å². The Morgan fingerprint density at radius 2 is 2.06 bits per heavy atom. The summed E-state index contributed by atoms with van der Waals surface area (Å²) in [5, 5.41) is 8.73. The molecule has 1 amide bonds. The number of carboxylic acids is 1. The van der Waals surface area contributed by atoms with Crippen LogP contribution in [0.25, 0.3) is 0 Å². The van der Waals surface area contributed by atoms with Crippen LogP contribution in [0.1, 0.15) is 0 Å². The molecule has 6 heteroatoms. The van der Waals surface area contributed by atoms with E-state index in [-0.39, 0.29) is 6.54 Å². The molecular weight excluding hydrogens is 278 g/mol. The first-order valence-corrected chi connectivity index (χ1v) is 5.34. The number of cyclic esters (lactones) is 1. The lowest BCUT2D eigenvalue weighted by molar-refractivity contribution is -0.144. The molecule has 0 radical (unpaired) electrons. The molecule has 1 aliphatic rings. The van der Waals surface area contributed by atoms with E-state index in [4.69, 9.17) is 9.84 Å². The Morgan fingerprint density at radius 3 is 2.56 bits per heavy atom. The second-order valence-electron chi connectivity index (χ2n) is 3.30. The zero-order chi connectivity index (χ0) is 11.7. The maximum Gasteiger partial charge on any atom is 0.415 e. The van der Waals surface area contributed by atoms with Crippen LogP contribution in [0.15, 0.2) is 28.7 Å². The van der Waals surface area contributed by atoms with Crippen molar-refractivity contribution in [1.29, 1.82) is 0 Å². The summed E-state index contributed by atoms with van der Waals surface area (Å²) < 4.78 is 5.58. The standard InChI is InChI=1S/C10H8BrNO4/c11-6-1-3-7(4-2-6)12-5-8(9(13)14)16-10(12)15/h1-4,8H,5H2,(H,13,14)/t8-/m1/s1. The molecule has 2 rings (SSSR count). The predicted octanol–water partition coefficient (Wildman–Crippen LogP) is 1.86. The van der Waals surface area contributed by atoms with E-state index in [2.05, 4.69) is 15.9 Å². The SMILES string of the molecule is O=C(O)[C@H]1CN(c2ccc(Br)cc2)C(=O)O1. The quantitative estimate of drug-likeness (QED) is 0.901. The lowest BCUT2D eigenvalue weighted by atomic mass is 10.3. The second kappa shape index (κ2) is 4.13. The van der Waals surface area contributed by atoms with Gasteiger partial charge in [0, 0.05) is 10.2 Å². The smallest absolute Gasteiger partial charge is 0.415 e. The summed E-state index contributed by atoms with van der Waals surface area (Å²) in [6.07, 6.45) is -1.72. The largest absolute Gasteiger partial charge is 0.478 e. The van der Waals surface area contributed by atoms with Crippen molar-refractivity contribution in [1.82, 2.24) is 0 Å². The number of benzene rings is 1. The zero-order valence-electron chi connectivity index (χ0n) is 8.09. The van der Waals surface area contributed by atoms with Crippen molar-refractivity contribution in [2.24, 2.45) is 0 Å². The van der Waals surface area contributed by atoms with Crippen LogP contribution in [0.4, 0.5) is 10.5 Å². The van der Waals surface area contributed by atoms with Crippen molar-refractivity contribution >= 4 is 33.7 Å². The Hall–Kier alpha value is -1.56. The summed E-state index contributed by atoms with van der Waals surface area (Å²) >= 11 is 3.28. The number of anilines is 1. The van der Waals surface area contributed by atoms with E-state index in [1.54, 1.807) is 24.3 Å². The third-order valence-electron chi connectivity index (χ3n) is 2.23. The van der Waals surface area contributed by atoms with Crippen molar-refractivity contribution < 1.29 is 19.4 Å². The number of ether oxygens (including phenoxy) is 1. The fraction of sp³-hybridized carbons (Fsp3) is 0.200. The summed E-state index contributed by atoms with van der Waals surface area (Å²) in [6.45, 7) is 0.0375. The highest BCUT2D eigenvalue weighted by Crippen LogP contribution is 2.23. The fourth-order valence-electron chi connectivity index (χ4n) is 1.42. The number of amides is 1. The molecule has 0 bridgehead atoms. The first-order valence-electron chi connectivity index (χ1n) is 4.54. The number of hydrogen-bond donors (Lipinski definition) is 1. The van der Waals surface area contributed by atoms with Gasteiger partial charge < -0.3 is 9.84 Å². The van der Waals surface area contributed by atoms with E-state index in [9.17, 15) is 9.59 Å². The van der Waals surface area contributed by atoms with Crippen LogP contribution >= 0.6 is 15.9 Å². The summed E-state index contributed by atoms with van der Waals surface area (Å²) in [4.78, 5) is 23.4. The summed E-state index contributed by atoms with van der Waals surface area (Å²) in [5.41, 5.74) is 0.622. The Balaban J connectivity index is 2.20. The average Bonchev–Trinajstić information content (AvgIpc) is 2.62. The molecule has 5 nitrogen and oxygen atoms in total. The number of carbonyl (C=O) groups is 2. The van der Waals surface area contributed by atoms with Crippen LogP contribution in [0.5, 0.6) is 0 Å². The van der Waals surface area contributed by atoms with Crippen molar-refractivity contribution in [3.8, 4) is 0 Å². The van der Waals surface area contributed by atoms with E-state index in [1.807, 2.05) is 0 Å². The summed E-state index contributed by atoms with van der Waals surface area (Å²) in [7, 11) is 0. The normalized spacial score (nSPS) is 19.7. The Bertz CT molecular complexity index is 431. The minimum atomic E-state index is -1.13. The molecule has 1 aromatic carbocycles. The molecule has 0 aromatic heterocycles. The van der Waals surface area contributed by atoms with Gasteiger partial charge in [0.1, 0.15) is 0 Å². The first-order chi connectivity index (χ1) is 7.58. The number of carbonyl (C=O) groups excluding carboxylic acids is 1. The molecule has 1 aromatic rings. The molecule has 1 aliphatic heterocycles.